The quantitative estimate of drug-likeness (QED) is 0.878. The van der Waals surface area contributed by atoms with E-state index in [0.29, 0.717) is 0 Å². The van der Waals surface area contributed by atoms with Crippen LogP contribution in [0, 0.1) is 0 Å². The molecule has 0 amide bonds. The van der Waals surface area contributed by atoms with Crippen molar-refractivity contribution in [3.8, 4) is 0 Å². The number of hydrogen-bond donors (Lipinski definition) is 2. The lowest BCUT2D eigenvalue weighted by molar-refractivity contribution is -0.119. The minimum Gasteiger partial charge on any atom is -0.395 e. The summed E-state index contributed by atoms with van der Waals surface area (Å²) >= 11 is 5.99. The standard InChI is InChI=1S/C12H16ClF3N2O/c1-8(17)9-2-3-11(10(13)6-9)18(4-5-19)7-12(14,15)16/h2-3,6,8,19H,4-5,7,17H2,1H3. The molecule has 0 aliphatic rings. The van der Waals surface area contributed by atoms with Crippen molar-refractivity contribution >= 4 is 17.3 Å². The van der Waals surface area contributed by atoms with Crippen LogP contribution in [0.3, 0.4) is 0 Å². The van der Waals surface area contributed by atoms with Gasteiger partial charge in [0, 0.05) is 12.6 Å². The Kier molecular flexibility index (Phi) is 5.46. The molecule has 0 aromatic heterocycles. The molecule has 7 heteroatoms. The molecule has 0 radical (unpaired) electrons. The lowest BCUT2D eigenvalue weighted by Crippen LogP contribution is -2.36. The van der Waals surface area contributed by atoms with Gasteiger partial charge in [0.05, 0.1) is 17.3 Å². The molecule has 0 bridgehead atoms. The summed E-state index contributed by atoms with van der Waals surface area (Å²) in [6.07, 6.45) is -4.36. The molecule has 3 nitrogen and oxygen atoms in total. The zero-order valence-corrected chi connectivity index (χ0v) is 11.2. The zero-order chi connectivity index (χ0) is 14.6. The number of halogens is 4. The summed E-state index contributed by atoms with van der Waals surface area (Å²) in [6.45, 7) is 0.0650. The van der Waals surface area contributed by atoms with Gasteiger partial charge >= 0.3 is 6.18 Å². The van der Waals surface area contributed by atoms with E-state index in [1.165, 1.54) is 6.07 Å². The van der Waals surface area contributed by atoms with Crippen molar-refractivity contribution in [3.05, 3.63) is 28.8 Å². The van der Waals surface area contributed by atoms with Crippen molar-refractivity contribution in [2.45, 2.75) is 19.1 Å². The van der Waals surface area contributed by atoms with Crippen molar-refractivity contribution < 1.29 is 18.3 Å². The van der Waals surface area contributed by atoms with E-state index in [0.717, 1.165) is 10.5 Å². The summed E-state index contributed by atoms with van der Waals surface area (Å²) in [6, 6.07) is 4.41. The van der Waals surface area contributed by atoms with E-state index in [1.807, 2.05) is 0 Å². The van der Waals surface area contributed by atoms with Crippen molar-refractivity contribution in [2.24, 2.45) is 5.73 Å². The largest absolute Gasteiger partial charge is 0.405 e. The molecule has 0 fully saturated rings. The highest BCUT2D eigenvalue weighted by Gasteiger charge is 2.31. The highest BCUT2D eigenvalue weighted by Crippen LogP contribution is 2.30. The van der Waals surface area contributed by atoms with Gasteiger partial charge in [-0.25, -0.2) is 0 Å². The second-order valence-electron chi connectivity index (χ2n) is 4.26. The number of nitrogens with zero attached hydrogens (tertiary/aromatic N) is 1. The predicted octanol–water partition coefficient (Wildman–Crippen LogP) is 2.72. The normalized spacial score (nSPS) is 13.4. The van der Waals surface area contributed by atoms with Gasteiger partial charge in [-0.3, -0.25) is 0 Å². The summed E-state index contributed by atoms with van der Waals surface area (Å²) in [5, 5.41) is 9.04. The third-order valence-corrected chi connectivity index (χ3v) is 2.88. The van der Waals surface area contributed by atoms with E-state index in [1.54, 1.807) is 19.1 Å². The topological polar surface area (TPSA) is 49.5 Å². The molecule has 0 spiro atoms. The van der Waals surface area contributed by atoms with Crippen molar-refractivity contribution in [1.29, 1.82) is 0 Å². The first-order valence-corrected chi connectivity index (χ1v) is 6.10. The Morgan fingerprint density at radius 1 is 1.42 bits per heavy atom. The van der Waals surface area contributed by atoms with E-state index < -0.39 is 12.7 Å². The molecule has 1 aromatic rings. The first-order chi connectivity index (χ1) is 8.74. The maximum atomic E-state index is 12.5. The molecule has 0 saturated carbocycles. The van der Waals surface area contributed by atoms with Crippen LogP contribution in [0.25, 0.3) is 0 Å². The smallest absolute Gasteiger partial charge is 0.395 e. The maximum absolute atomic E-state index is 12.5. The Balaban J connectivity index is 3.02. The second kappa shape index (κ2) is 6.45. The number of alkyl halides is 3. The fourth-order valence-electron chi connectivity index (χ4n) is 1.68. The van der Waals surface area contributed by atoms with Crippen LogP contribution in [0.5, 0.6) is 0 Å². The van der Waals surface area contributed by atoms with Crippen LogP contribution in [0.2, 0.25) is 5.02 Å². The van der Waals surface area contributed by atoms with Gasteiger partial charge in [-0.1, -0.05) is 17.7 Å². The number of aliphatic hydroxyl groups excluding tert-OH is 1. The molecular weight excluding hydrogens is 281 g/mol. The lowest BCUT2D eigenvalue weighted by atomic mass is 10.1. The van der Waals surface area contributed by atoms with Gasteiger partial charge in [0.25, 0.3) is 0 Å². The Bertz CT molecular complexity index is 424. The highest BCUT2D eigenvalue weighted by molar-refractivity contribution is 6.33. The van der Waals surface area contributed by atoms with Gasteiger partial charge in [-0.15, -0.1) is 0 Å². The van der Waals surface area contributed by atoms with Gasteiger partial charge in [0.1, 0.15) is 6.54 Å². The van der Waals surface area contributed by atoms with E-state index in [4.69, 9.17) is 22.4 Å². The number of hydrogen-bond acceptors (Lipinski definition) is 3. The molecule has 19 heavy (non-hydrogen) atoms. The van der Waals surface area contributed by atoms with E-state index >= 15 is 0 Å². The summed E-state index contributed by atoms with van der Waals surface area (Å²) in [4.78, 5) is 0.993. The first kappa shape index (κ1) is 16.1. The molecule has 108 valence electrons. The number of aliphatic hydroxyl groups is 1. The maximum Gasteiger partial charge on any atom is 0.405 e. The fraction of sp³-hybridized carbons (Fsp3) is 0.500. The molecular formula is C12H16ClF3N2O. The summed E-state index contributed by atoms with van der Waals surface area (Å²) in [7, 11) is 0. The van der Waals surface area contributed by atoms with Crippen molar-refractivity contribution in [3.63, 3.8) is 0 Å². The number of anilines is 1. The molecule has 1 atom stereocenters. The summed E-state index contributed by atoms with van der Waals surface area (Å²) < 4.78 is 37.4. The van der Waals surface area contributed by atoms with E-state index in [2.05, 4.69) is 0 Å². The van der Waals surface area contributed by atoms with Crippen molar-refractivity contribution in [2.75, 3.05) is 24.6 Å². The Morgan fingerprint density at radius 3 is 2.47 bits per heavy atom. The van der Waals surface area contributed by atoms with Crippen molar-refractivity contribution in [1.82, 2.24) is 0 Å². The molecule has 0 aliphatic carbocycles. The van der Waals surface area contributed by atoms with Crippen LogP contribution < -0.4 is 10.6 Å². The van der Waals surface area contributed by atoms with Crippen LogP contribution in [0.1, 0.15) is 18.5 Å². The van der Waals surface area contributed by atoms with Crippen LogP contribution in [0.4, 0.5) is 18.9 Å². The van der Waals surface area contributed by atoms with Gasteiger partial charge in [0.15, 0.2) is 0 Å². The Labute approximate surface area is 114 Å². The average Bonchev–Trinajstić information content (AvgIpc) is 2.26. The predicted molar refractivity (Wildman–Crippen MR) is 69.4 cm³/mol. The SMILES string of the molecule is CC(N)c1ccc(N(CCO)CC(F)(F)F)c(Cl)c1. The number of rotatable bonds is 5. The van der Waals surface area contributed by atoms with Crippen LogP contribution in [-0.4, -0.2) is 31.0 Å². The van der Waals surface area contributed by atoms with E-state index in [-0.39, 0.29) is 29.9 Å². The third kappa shape index (κ3) is 4.89. The van der Waals surface area contributed by atoms with Gasteiger partial charge in [-0.2, -0.15) is 13.2 Å². The molecule has 1 aromatic carbocycles. The molecule has 1 unspecified atom stereocenters. The Morgan fingerprint density at radius 2 is 2.05 bits per heavy atom. The van der Waals surface area contributed by atoms with Crippen LogP contribution >= 0.6 is 11.6 Å². The lowest BCUT2D eigenvalue weighted by Gasteiger charge is -2.26. The molecule has 0 heterocycles. The van der Waals surface area contributed by atoms with Crippen LogP contribution in [0.15, 0.2) is 18.2 Å². The summed E-state index contributed by atoms with van der Waals surface area (Å²) in [5.74, 6) is 0. The molecule has 1 rings (SSSR count). The van der Waals surface area contributed by atoms with Crippen LogP contribution in [-0.2, 0) is 0 Å². The second-order valence-corrected chi connectivity index (χ2v) is 4.67. The summed E-state index contributed by atoms with van der Waals surface area (Å²) in [5.41, 5.74) is 6.65. The molecule has 3 N–H and O–H groups in total. The highest BCUT2D eigenvalue weighted by atomic mass is 35.5. The van der Waals surface area contributed by atoms with Gasteiger partial charge < -0.3 is 15.7 Å². The third-order valence-electron chi connectivity index (χ3n) is 2.58. The number of benzene rings is 1. The first-order valence-electron chi connectivity index (χ1n) is 5.72. The monoisotopic (exact) mass is 296 g/mol. The minimum absolute atomic E-state index is 0.142. The van der Waals surface area contributed by atoms with E-state index in [9.17, 15) is 13.2 Å². The fourth-order valence-corrected chi connectivity index (χ4v) is 1.99. The molecule has 0 aliphatic heterocycles. The van der Waals surface area contributed by atoms with Gasteiger partial charge in [-0.05, 0) is 24.6 Å². The average molecular weight is 297 g/mol. The Hall–Kier alpha value is -0.980. The minimum atomic E-state index is -4.36. The number of nitrogens with two attached hydrogens (primary N) is 1. The zero-order valence-electron chi connectivity index (χ0n) is 10.4. The molecule has 0 saturated heterocycles. The van der Waals surface area contributed by atoms with Gasteiger partial charge in [0.2, 0.25) is 0 Å².